The summed E-state index contributed by atoms with van der Waals surface area (Å²) in [5.74, 6) is 0.0914. The summed E-state index contributed by atoms with van der Waals surface area (Å²) in [5.41, 5.74) is 2.02. The first-order valence-corrected chi connectivity index (χ1v) is 10.4. The van der Waals surface area contributed by atoms with Crippen LogP contribution in [0.15, 0.2) is 30.3 Å². The molecule has 0 radical (unpaired) electrons. The molecule has 1 aliphatic rings. The molecule has 0 spiro atoms. The van der Waals surface area contributed by atoms with Gasteiger partial charge in [0.15, 0.2) is 0 Å². The Morgan fingerprint density at radius 1 is 1.11 bits per heavy atom. The van der Waals surface area contributed by atoms with E-state index in [4.69, 9.17) is 11.6 Å². The summed E-state index contributed by atoms with van der Waals surface area (Å²) in [7, 11) is 0. The maximum absolute atomic E-state index is 13.0. The standard InChI is InChI=1S/C20H21ClN4O2S/c1-13-17-11-18(19(27)24-9-7-23(8-10-24)14(2)26)28-20(17)25(22-13)12-15-3-5-16(21)6-4-15/h3-6,11H,7-10,12H2,1-2H3. The number of nitrogens with zero attached hydrogens (tertiary/aromatic N) is 4. The van der Waals surface area contributed by atoms with Gasteiger partial charge in [0.1, 0.15) is 4.83 Å². The van der Waals surface area contributed by atoms with E-state index in [2.05, 4.69) is 5.10 Å². The van der Waals surface area contributed by atoms with Crippen molar-refractivity contribution >= 4 is 45.0 Å². The number of rotatable bonds is 3. The molecule has 1 fully saturated rings. The maximum atomic E-state index is 13.0. The summed E-state index contributed by atoms with van der Waals surface area (Å²) in [5, 5.41) is 6.36. The molecule has 0 unspecified atom stereocenters. The maximum Gasteiger partial charge on any atom is 0.264 e. The molecule has 0 N–H and O–H groups in total. The molecule has 3 heterocycles. The van der Waals surface area contributed by atoms with E-state index in [0.717, 1.165) is 26.4 Å². The van der Waals surface area contributed by atoms with Crippen LogP contribution >= 0.6 is 22.9 Å². The van der Waals surface area contributed by atoms with E-state index in [0.29, 0.717) is 37.7 Å². The summed E-state index contributed by atoms with van der Waals surface area (Å²) >= 11 is 7.45. The Hall–Kier alpha value is -2.38. The van der Waals surface area contributed by atoms with E-state index in [1.54, 1.807) is 11.8 Å². The van der Waals surface area contributed by atoms with Crippen LogP contribution in [-0.4, -0.2) is 57.6 Å². The minimum atomic E-state index is 0.0295. The van der Waals surface area contributed by atoms with Crippen molar-refractivity contribution in [2.75, 3.05) is 26.2 Å². The van der Waals surface area contributed by atoms with Crippen LogP contribution in [0.1, 0.15) is 27.9 Å². The minimum absolute atomic E-state index is 0.0295. The second kappa shape index (κ2) is 7.56. The Morgan fingerprint density at radius 3 is 2.39 bits per heavy atom. The lowest BCUT2D eigenvalue weighted by Crippen LogP contribution is -2.49. The molecule has 8 heteroatoms. The minimum Gasteiger partial charge on any atom is -0.339 e. The number of fused-ring (bicyclic) bond motifs is 1. The highest BCUT2D eigenvalue weighted by Crippen LogP contribution is 2.30. The van der Waals surface area contributed by atoms with Gasteiger partial charge in [0.05, 0.1) is 17.1 Å². The van der Waals surface area contributed by atoms with Gasteiger partial charge in [-0.05, 0) is 30.7 Å². The Labute approximate surface area is 172 Å². The second-order valence-corrected chi connectivity index (χ2v) is 8.46. The van der Waals surface area contributed by atoms with E-state index >= 15 is 0 Å². The molecule has 4 rings (SSSR count). The number of hydrogen-bond acceptors (Lipinski definition) is 4. The molecule has 1 aliphatic heterocycles. The van der Waals surface area contributed by atoms with Crippen molar-refractivity contribution in [2.24, 2.45) is 0 Å². The molecule has 0 bridgehead atoms. The molecule has 0 atom stereocenters. The van der Waals surface area contributed by atoms with Gasteiger partial charge in [-0.25, -0.2) is 0 Å². The molecule has 2 amide bonds. The van der Waals surface area contributed by atoms with Crippen LogP contribution in [0.5, 0.6) is 0 Å². The second-order valence-electron chi connectivity index (χ2n) is 7.00. The van der Waals surface area contributed by atoms with E-state index in [1.165, 1.54) is 11.3 Å². The quantitative estimate of drug-likeness (QED) is 0.657. The van der Waals surface area contributed by atoms with Gasteiger partial charge in [-0.2, -0.15) is 5.10 Å². The highest BCUT2D eigenvalue weighted by atomic mass is 35.5. The number of piperazine rings is 1. The zero-order valence-electron chi connectivity index (χ0n) is 15.8. The molecule has 1 aromatic carbocycles. The Balaban J connectivity index is 1.55. The summed E-state index contributed by atoms with van der Waals surface area (Å²) in [4.78, 5) is 29.8. The fourth-order valence-corrected chi connectivity index (χ4v) is 4.72. The van der Waals surface area contributed by atoms with Crippen LogP contribution < -0.4 is 0 Å². The zero-order valence-corrected chi connectivity index (χ0v) is 17.4. The fraction of sp³-hybridized carbons (Fsp3) is 0.350. The molecule has 3 aromatic rings. The van der Waals surface area contributed by atoms with Gasteiger partial charge >= 0.3 is 0 Å². The number of hydrogen-bond donors (Lipinski definition) is 0. The first-order chi connectivity index (χ1) is 13.4. The summed E-state index contributed by atoms with van der Waals surface area (Å²) in [6, 6.07) is 9.65. The lowest BCUT2D eigenvalue weighted by atomic mass is 10.2. The van der Waals surface area contributed by atoms with Gasteiger partial charge in [-0.1, -0.05) is 23.7 Å². The third-order valence-corrected chi connectivity index (χ3v) is 6.46. The van der Waals surface area contributed by atoms with Gasteiger partial charge < -0.3 is 9.80 Å². The highest BCUT2D eigenvalue weighted by molar-refractivity contribution is 7.20. The first kappa shape index (κ1) is 19.0. The third kappa shape index (κ3) is 3.64. The van der Waals surface area contributed by atoms with Gasteiger partial charge in [0.2, 0.25) is 5.91 Å². The van der Waals surface area contributed by atoms with E-state index in [-0.39, 0.29) is 11.8 Å². The van der Waals surface area contributed by atoms with Crippen LogP contribution in [0.4, 0.5) is 0 Å². The van der Waals surface area contributed by atoms with Crippen LogP contribution in [0.2, 0.25) is 5.02 Å². The number of aryl methyl sites for hydroxylation is 1. The van der Waals surface area contributed by atoms with Gasteiger partial charge in [-0.15, -0.1) is 11.3 Å². The average molecular weight is 417 g/mol. The fourth-order valence-electron chi connectivity index (χ4n) is 3.47. The smallest absolute Gasteiger partial charge is 0.264 e. The molecule has 2 aromatic heterocycles. The Kier molecular flexibility index (Phi) is 5.12. The number of amides is 2. The number of thiophene rings is 1. The third-order valence-electron chi connectivity index (χ3n) is 5.08. The number of benzene rings is 1. The predicted octanol–water partition coefficient (Wildman–Crippen LogP) is 3.41. The Morgan fingerprint density at radius 2 is 1.75 bits per heavy atom. The number of carbonyl (C=O) groups excluding carboxylic acids is 2. The predicted molar refractivity (Wildman–Crippen MR) is 111 cm³/mol. The van der Waals surface area contributed by atoms with Crippen molar-refractivity contribution in [3.8, 4) is 0 Å². The average Bonchev–Trinajstić information content (AvgIpc) is 3.24. The molecular formula is C20H21ClN4O2S. The Bertz CT molecular complexity index is 1030. The van der Waals surface area contributed by atoms with Crippen molar-refractivity contribution in [3.05, 3.63) is 51.5 Å². The summed E-state index contributed by atoms with van der Waals surface area (Å²) in [6.45, 7) is 6.49. The van der Waals surface area contributed by atoms with Crippen LogP contribution in [0.25, 0.3) is 10.2 Å². The SMILES string of the molecule is CC(=O)N1CCN(C(=O)c2cc3c(C)nn(Cc4ccc(Cl)cc4)c3s2)CC1. The lowest BCUT2D eigenvalue weighted by molar-refractivity contribution is -0.130. The topological polar surface area (TPSA) is 58.4 Å². The van der Waals surface area contributed by atoms with E-state index in [9.17, 15) is 9.59 Å². The summed E-state index contributed by atoms with van der Waals surface area (Å²) in [6.07, 6.45) is 0. The molecular weight excluding hydrogens is 396 g/mol. The molecule has 0 aliphatic carbocycles. The van der Waals surface area contributed by atoms with Crippen LogP contribution in [0.3, 0.4) is 0 Å². The van der Waals surface area contributed by atoms with Crippen molar-refractivity contribution in [1.29, 1.82) is 0 Å². The normalized spacial score (nSPS) is 14.7. The van der Waals surface area contributed by atoms with Crippen molar-refractivity contribution in [3.63, 3.8) is 0 Å². The zero-order chi connectivity index (χ0) is 19.8. The van der Waals surface area contributed by atoms with Crippen molar-refractivity contribution < 1.29 is 9.59 Å². The number of carbonyl (C=O) groups is 2. The number of aromatic nitrogens is 2. The molecule has 28 heavy (non-hydrogen) atoms. The van der Waals surface area contributed by atoms with Crippen LogP contribution in [0, 0.1) is 6.92 Å². The lowest BCUT2D eigenvalue weighted by Gasteiger charge is -2.33. The van der Waals surface area contributed by atoms with E-state index < -0.39 is 0 Å². The number of halogens is 1. The molecule has 6 nitrogen and oxygen atoms in total. The molecule has 1 saturated heterocycles. The van der Waals surface area contributed by atoms with Gasteiger partial charge in [-0.3, -0.25) is 14.3 Å². The molecule has 146 valence electrons. The van der Waals surface area contributed by atoms with Crippen LogP contribution in [-0.2, 0) is 11.3 Å². The molecule has 0 saturated carbocycles. The summed E-state index contributed by atoms with van der Waals surface area (Å²) < 4.78 is 1.95. The van der Waals surface area contributed by atoms with E-state index in [1.807, 2.05) is 46.8 Å². The van der Waals surface area contributed by atoms with Gasteiger partial charge in [0.25, 0.3) is 5.91 Å². The highest BCUT2D eigenvalue weighted by Gasteiger charge is 2.25. The monoisotopic (exact) mass is 416 g/mol. The van der Waals surface area contributed by atoms with Gasteiger partial charge in [0, 0.05) is 43.5 Å². The largest absolute Gasteiger partial charge is 0.339 e. The first-order valence-electron chi connectivity index (χ1n) is 9.18. The van der Waals surface area contributed by atoms with Crippen molar-refractivity contribution in [2.45, 2.75) is 20.4 Å². The van der Waals surface area contributed by atoms with Crippen molar-refractivity contribution in [1.82, 2.24) is 19.6 Å².